The summed E-state index contributed by atoms with van der Waals surface area (Å²) < 4.78 is 0. The molecule has 0 bridgehead atoms. The average Bonchev–Trinajstić information content (AvgIpc) is 2.91. The summed E-state index contributed by atoms with van der Waals surface area (Å²) in [5, 5.41) is 3.23. The molecule has 0 aromatic heterocycles. The zero-order valence-electron chi connectivity index (χ0n) is 11.2. The maximum Gasteiger partial charge on any atom is 0.319 e. The normalized spacial score (nSPS) is 24.2. The lowest BCUT2D eigenvalue weighted by atomic mass is 10.2. The minimum absolute atomic E-state index is 0.00102. The van der Waals surface area contributed by atoms with E-state index in [1.807, 2.05) is 4.90 Å². The molecule has 0 aromatic carbocycles. The summed E-state index contributed by atoms with van der Waals surface area (Å²) in [5.74, 6) is 0.199. The highest BCUT2D eigenvalue weighted by atomic mass is 16.2. The highest BCUT2D eigenvalue weighted by molar-refractivity contribution is 5.82. The van der Waals surface area contributed by atoms with Crippen LogP contribution in [0.5, 0.6) is 0 Å². The van der Waals surface area contributed by atoms with E-state index in [1.165, 1.54) is 0 Å². The first-order chi connectivity index (χ1) is 8.59. The van der Waals surface area contributed by atoms with Crippen LogP contribution < -0.4 is 5.32 Å². The molecule has 6 nitrogen and oxygen atoms in total. The third-order valence-corrected chi connectivity index (χ3v) is 3.60. The molecule has 1 unspecified atom stereocenters. The number of nitrogens with zero attached hydrogens (tertiary/aromatic N) is 3. The molecule has 18 heavy (non-hydrogen) atoms. The maximum atomic E-state index is 12.2. The molecule has 102 valence electrons. The lowest BCUT2D eigenvalue weighted by molar-refractivity contribution is -0.134. The van der Waals surface area contributed by atoms with Gasteiger partial charge in [-0.25, -0.2) is 4.79 Å². The van der Waals surface area contributed by atoms with Gasteiger partial charge in [0.05, 0.1) is 6.04 Å². The number of urea groups is 1. The Kier molecular flexibility index (Phi) is 4.06. The van der Waals surface area contributed by atoms with Gasteiger partial charge in [0.2, 0.25) is 5.91 Å². The fraction of sp³-hybridized carbons (Fsp3) is 0.833. The molecule has 2 fully saturated rings. The van der Waals surface area contributed by atoms with Gasteiger partial charge in [0, 0.05) is 40.3 Å². The van der Waals surface area contributed by atoms with E-state index in [1.54, 1.807) is 23.9 Å². The first-order valence-corrected chi connectivity index (χ1v) is 6.58. The molecular weight excluding hydrogens is 232 g/mol. The average molecular weight is 254 g/mol. The summed E-state index contributed by atoms with van der Waals surface area (Å²) in [6.07, 6.45) is 2.02. The Morgan fingerprint density at radius 1 is 1.11 bits per heavy atom. The quantitative estimate of drug-likeness (QED) is 0.690. The second-order valence-corrected chi connectivity index (χ2v) is 5.14. The Labute approximate surface area is 108 Å². The van der Waals surface area contributed by atoms with Crippen LogP contribution in [0.15, 0.2) is 0 Å². The Morgan fingerprint density at radius 3 is 2.22 bits per heavy atom. The van der Waals surface area contributed by atoms with Crippen LogP contribution in [-0.2, 0) is 4.79 Å². The molecule has 0 aromatic rings. The molecule has 0 aliphatic carbocycles. The third-order valence-electron chi connectivity index (χ3n) is 3.60. The van der Waals surface area contributed by atoms with Gasteiger partial charge in [0.15, 0.2) is 0 Å². The number of hydrogen-bond acceptors (Lipinski definition) is 3. The third kappa shape index (κ3) is 2.75. The van der Waals surface area contributed by atoms with Crippen LogP contribution in [0.1, 0.15) is 12.8 Å². The van der Waals surface area contributed by atoms with Gasteiger partial charge in [-0.2, -0.15) is 0 Å². The first-order valence-electron chi connectivity index (χ1n) is 6.58. The topological polar surface area (TPSA) is 55.9 Å². The van der Waals surface area contributed by atoms with Gasteiger partial charge >= 0.3 is 6.03 Å². The minimum Gasteiger partial charge on any atom is -0.338 e. The Balaban J connectivity index is 1.82. The zero-order chi connectivity index (χ0) is 13.1. The largest absolute Gasteiger partial charge is 0.338 e. The van der Waals surface area contributed by atoms with Crippen LogP contribution in [-0.4, -0.2) is 79.5 Å². The van der Waals surface area contributed by atoms with Crippen LogP contribution >= 0.6 is 0 Å². The smallest absolute Gasteiger partial charge is 0.319 e. The second kappa shape index (κ2) is 5.56. The standard InChI is InChI=1S/C12H22N4O2/c1-14(2)12(18)16-8-6-15(7-9-16)11(17)10-4-3-5-13-10/h10,13H,3-9H2,1-2H3. The monoisotopic (exact) mass is 254 g/mol. The predicted molar refractivity (Wildman–Crippen MR) is 68.3 cm³/mol. The lowest BCUT2D eigenvalue weighted by Crippen LogP contribution is -2.55. The van der Waals surface area contributed by atoms with Crippen LogP contribution in [0.25, 0.3) is 0 Å². The van der Waals surface area contributed by atoms with E-state index in [2.05, 4.69) is 5.32 Å². The van der Waals surface area contributed by atoms with Crippen molar-refractivity contribution in [2.45, 2.75) is 18.9 Å². The number of amides is 3. The van der Waals surface area contributed by atoms with Crippen molar-refractivity contribution in [3.8, 4) is 0 Å². The van der Waals surface area contributed by atoms with Gasteiger partial charge in [-0.15, -0.1) is 0 Å². The van der Waals surface area contributed by atoms with Gasteiger partial charge in [0.1, 0.15) is 0 Å². The van der Waals surface area contributed by atoms with Gasteiger partial charge in [-0.05, 0) is 19.4 Å². The molecule has 0 saturated carbocycles. The number of carbonyl (C=O) groups is 2. The molecule has 3 amide bonds. The SMILES string of the molecule is CN(C)C(=O)N1CCN(C(=O)C2CCCN2)CC1. The predicted octanol–water partition coefficient (Wildman–Crippen LogP) is -0.436. The molecular formula is C12H22N4O2. The van der Waals surface area contributed by atoms with E-state index >= 15 is 0 Å². The molecule has 2 rings (SSSR count). The molecule has 0 spiro atoms. The Bertz CT molecular complexity index is 318. The number of carbonyl (C=O) groups excluding carboxylic acids is 2. The van der Waals surface area contributed by atoms with Crippen molar-refractivity contribution in [1.29, 1.82) is 0 Å². The van der Waals surface area contributed by atoms with E-state index in [4.69, 9.17) is 0 Å². The van der Waals surface area contributed by atoms with E-state index in [0.717, 1.165) is 19.4 Å². The highest BCUT2D eigenvalue weighted by Gasteiger charge is 2.30. The van der Waals surface area contributed by atoms with E-state index in [-0.39, 0.29) is 18.0 Å². The van der Waals surface area contributed by atoms with Crippen molar-refractivity contribution >= 4 is 11.9 Å². The lowest BCUT2D eigenvalue weighted by Gasteiger charge is -2.36. The van der Waals surface area contributed by atoms with Crippen LogP contribution in [0.4, 0.5) is 4.79 Å². The first kappa shape index (κ1) is 13.1. The van der Waals surface area contributed by atoms with Crippen molar-refractivity contribution in [3.05, 3.63) is 0 Å². The molecule has 6 heteroatoms. The van der Waals surface area contributed by atoms with Crippen molar-refractivity contribution < 1.29 is 9.59 Å². The molecule has 1 N–H and O–H groups in total. The number of piperazine rings is 1. The van der Waals surface area contributed by atoms with Gasteiger partial charge < -0.3 is 20.0 Å². The summed E-state index contributed by atoms with van der Waals surface area (Å²) in [4.78, 5) is 29.2. The number of rotatable bonds is 1. The van der Waals surface area contributed by atoms with Crippen LogP contribution in [0, 0.1) is 0 Å². The summed E-state index contributed by atoms with van der Waals surface area (Å²) in [5.41, 5.74) is 0. The summed E-state index contributed by atoms with van der Waals surface area (Å²) in [7, 11) is 3.50. The zero-order valence-corrected chi connectivity index (χ0v) is 11.2. The molecule has 2 aliphatic heterocycles. The van der Waals surface area contributed by atoms with E-state index in [9.17, 15) is 9.59 Å². The van der Waals surface area contributed by atoms with Crippen LogP contribution in [0.3, 0.4) is 0 Å². The van der Waals surface area contributed by atoms with Crippen molar-refractivity contribution in [2.24, 2.45) is 0 Å². The van der Waals surface area contributed by atoms with Crippen molar-refractivity contribution in [1.82, 2.24) is 20.0 Å². The van der Waals surface area contributed by atoms with Crippen LogP contribution in [0.2, 0.25) is 0 Å². The second-order valence-electron chi connectivity index (χ2n) is 5.14. The molecule has 0 radical (unpaired) electrons. The van der Waals surface area contributed by atoms with E-state index < -0.39 is 0 Å². The number of nitrogens with one attached hydrogen (secondary N) is 1. The van der Waals surface area contributed by atoms with E-state index in [0.29, 0.717) is 26.2 Å². The highest BCUT2D eigenvalue weighted by Crippen LogP contribution is 2.11. The number of hydrogen-bond donors (Lipinski definition) is 1. The fourth-order valence-corrected chi connectivity index (χ4v) is 2.52. The summed E-state index contributed by atoms with van der Waals surface area (Å²) in [6.45, 7) is 3.51. The van der Waals surface area contributed by atoms with Crippen molar-refractivity contribution in [3.63, 3.8) is 0 Å². The molecule has 2 saturated heterocycles. The Morgan fingerprint density at radius 2 is 1.72 bits per heavy atom. The molecule has 2 aliphatic rings. The van der Waals surface area contributed by atoms with Gasteiger partial charge in [-0.1, -0.05) is 0 Å². The molecule has 1 atom stereocenters. The minimum atomic E-state index is 0.00102. The Hall–Kier alpha value is -1.30. The summed E-state index contributed by atoms with van der Waals surface area (Å²) in [6, 6.07) is 0.0298. The van der Waals surface area contributed by atoms with Crippen molar-refractivity contribution in [2.75, 3.05) is 46.8 Å². The summed E-state index contributed by atoms with van der Waals surface area (Å²) >= 11 is 0. The van der Waals surface area contributed by atoms with Gasteiger partial charge in [-0.3, -0.25) is 4.79 Å². The molecule has 2 heterocycles. The van der Waals surface area contributed by atoms with Gasteiger partial charge in [0.25, 0.3) is 0 Å². The maximum absolute atomic E-state index is 12.2. The fourth-order valence-electron chi connectivity index (χ4n) is 2.52.